The van der Waals surface area contributed by atoms with Crippen molar-refractivity contribution in [1.82, 2.24) is 0 Å². The van der Waals surface area contributed by atoms with Gasteiger partial charge < -0.3 is 14.2 Å². The second-order valence-electron chi connectivity index (χ2n) is 10.4. The number of rotatable bonds is 7. The van der Waals surface area contributed by atoms with Gasteiger partial charge in [-0.3, -0.25) is 0 Å². The molecule has 200 valence electrons. The van der Waals surface area contributed by atoms with Gasteiger partial charge in [0.25, 0.3) is 0 Å². The molecule has 0 aliphatic carbocycles. The normalized spacial score (nSPS) is 11.2. The van der Waals surface area contributed by atoms with Gasteiger partial charge in [0.2, 0.25) is 0 Å². The summed E-state index contributed by atoms with van der Waals surface area (Å²) in [5.41, 5.74) is 6.67. The Morgan fingerprint density at radius 1 is 0.590 bits per heavy atom. The average molecular weight is 523 g/mol. The summed E-state index contributed by atoms with van der Waals surface area (Å²) in [7, 11) is 1.70. The van der Waals surface area contributed by atoms with Crippen LogP contribution in [-0.4, -0.2) is 19.0 Å². The lowest BCUT2D eigenvalue weighted by molar-refractivity contribution is 0.0719. The average Bonchev–Trinajstić information content (AvgIpc) is 2.91. The van der Waals surface area contributed by atoms with Gasteiger partial charge >= 0.3 is 11.9 Å². The fourth-order valence-corrected chi connectivity index (χ4v) is 4.82. The van der Waals surface area contributed by atoms with Crippen molar-refractivity contribution in [3.63, 3.8) is 0 Å². The van der Waals surface area contributed by atoms with Crippen LogP contribution in [0.2, 0.25) is 0 Å². The first-order valence-electron chi connectivity index (χ1n) is 12.9. The number of aryl methyl sites for hydroxylation is 4. The Morgan fingerprint density at radius 3 is 1.44 bits per heavy atom. The van der Waals surface area contributed by atoms with Gasteiger partial charge in [-0.2, -0.15) is 0 Å². The molecule has 0 aliphatic heterocycles. The Bertz CT molecular complexity index is 1470. The highest BCUT2D eigenvalue weighted by Gasteiger charge is 2.27. The number of esters is 2. The molecule has 5 nitrogen and oxygen atoms in total. The topological polar surface area (TPSA) is 61.8 Å². The van der Waals surface area contributed by atoms with Crippen LogP contribution in [0.15, 0.2) is 78.9 Å². The lowest BCUT2D eigenvalue weighted by Crippen LogP contribution is -2.20. The van der Waals surface area contributed by atoms with Gasteiger partial charge in [-0.1, -0.05) is 56.3 Å². The van der Waals surface area contributed by atoms with Gasteiger partial charge in [0.05, 0.1) is 18.2 Å². The van der Waals surface area contributed by atoms with Crippen molar-refractivity contribution in [2.45, 2.75) is 47.0 Å². The highest BCUT2D eigenvalue weighted by atomic mass is 16.5. The van der Waals surface area contributed by atoms with E-state index in [1.165, 1.54) is 5.56 Å². The van der Waals surface area contributed by atoms with Crippen LogP contribution in [0.5, 0.6) is 17.2 Å². The van der Waals surface area contributed by atoms with Gasteiger partial charge in [0.15, 0.2) is 0 Å². The van der Waals surface area contributed by atoms with Gasteiger partial charge in [0, 0.05) is 5.41 Å². The van der Waals surface area contributed by atoms with E-state index in [9.17, 15) is 9.59 Å². The second-order valence-corrected chi connectivity index (χ2v) is 10.4. The standard InChI is InChI=1S/C34H34O5/c1-21-17-27(18-22(2)30(21)37-7)34(5,6)28-19-23(3)31(24(4)20-28)39-33(36)26-15-13-25(14-16-26)32(35)38-29-11-9-8-10-12-29/h8-20H,1-7H3. The van der Waals surface area contributed by atoms with E-state index in [1.807, 2.05) is 19.9 Å². The maximum Gasteiger partial charge on any atom is 0.343 e. The number of hydrogen-bond acceptors (Lipinski definition) is 5. The van der Waals surface area contributed by atoms with Crippen LogP contribution in [0, 0.1) is 27.7 Å². The van der Waals surface area contributed by atoms with Crippen LogP contribution in [0.25, 0.3) is 0 Å². The third-order valence-corrected chi connectivity index (χ3v) is 7.07. The third kappa shape index (κ3) is 5.88. The molecule has 0 unspecified atom stereocenters. The molecule has 39 heavy (non-hydrogen) atoms. The zero-order chi connectivity index (χ0) is 28.3. The van der Waals surface area contributed by atoms with Crippen molar-refractivity contribution < 1.29 is 23.8 Å². The molecule has 0 aliphatic rings. The second kappa shape index (κ2) is 11.2. The van der Waals surface area contributed by atoms with E-state index in [2.05, 4.69) is 52.0 Å². The quantitative estimate of drug-likeness (QED) is 0.184. The van der Waals surface area contributed by atoms with E-state index < -0.39 is 11.9 Å². The molecule has 4 aromatic carbocycles. The zero-order valence-electron chi connectivity index (χ0n) is 23.5. The summed E-state index contributed by atoms with van der Waals surface area (Å²) >= 11 is 0. The molecule has 0 saturated carbocycles. The largest absolute Gasteiger partial charge is 0.496 e. The van der Waals surface area contributed by atoms with Crippen molar-refractivity contribution in [1.29, 1.82) is 0 Å². The minimum absolute atomic E-state index is 0.274. The van der Waals surface area contributed by atoms with Crippen molar-refractivity contribution in [3.8, 4) is 17.2 Å². The Morgan fingerprint density at radius 2 is 1.00 bits per heavy atom. The first-order chi connectivity index (χ1) is 18.5. The molecule has 0 spiro atoms. The van der Waals surface area contributed by atoms with Crippen LogP contribution in [0.4, 0.5) is 0 Å². The van der Waals surface area contributed by atoms with Gasteiger partial charge in [0.1, 0.15) is 17.2 Å². The van der Waals surface area contributed by atoms with Gasteiger partial charge in [-0.25, -0.2) is 9.59 Å². The summed E-state index contributed by atoms with van der Waals surface area (Å²) in [6.07, 6.45) is 0. The molecule has 0 atom stereocenters. The first kappa shape index (κ1) is 27.6. The predicted octanol–water partition coefficient (Wildman–Crippen LogP) is 7.69. The molecule has 0 saturated heterocycles. The lowest BCUT2D eigenvalue weighted by atomic mass is 9.76. The number of hydrogen-bond donors (Lipinski definition) is 0. The first-order valence-corrected chi connectivity index (χ1v) is 12.9. The SMILES string of the molecule is COc1c(C)cc(C(C)(C)c2cc(C)c(OC(=O)c3ccc(C(=O)Oc4ccccc4)cc3)c(C)c2)cc1C. The van der Waals surface area contributed by atoms with E-state index in [0.29, 0.717) is 22.6 Å². The van der Waals surface area contributed by atoms with Crippen LogP contribution < -0.4 is 14.2 Å². The minimum Gasteiger partial charge on any atom is -0.496 e. The van der Waals surface area contributed by atoms with Crippen LogP contribution in [0.3, 0.4) is 0 Å². The highest BCUT2D eigenvalue weighted by molar-refractivity contribution is 5.95. The van der Waals surface area contributed by atoms with E-state index in [-0.39, 0.29) is 5.41 Å². The fraction of sp³-hybridized carbons (Fsp3) is 0.235. The van der Waals surface area contributed by atoms with E-state index in [1.54, 1.807) is 55.6 Å². The molecule has 0 amide bonds. The smallest absolute Gasteiger partial charge is 0.343 e. The Balaban J connectivity index is 1.52. The summed E-state index contributed by atoms with van der Waals surface area (Å²) < 4.78 is 16.7. The molecule has 4 aromatic rings. The summed E-state index contributed by atoms with van der Waals surface area (Å²) in [6, 6.07) is 23.6. The van der Waals surface area contributed by atoms with E-state index >= 15 is 0 Å². The zero-order valence-corrected chi connectivity index (χ0v) is 23.5. The Kier molecular flexibility index (Phi) is 7.91. The molecule has 0 aromatic heterocycles. The molecular formula is C34H34O5. The predicted molar refractivity (Wildman–Crippen MR) is 153 cm³/mol. The molecule has 4 rings (SSSR count). The number of carbonyl (C=O) groups is 2. The minimum atomic E-state index is -0.492. The van der Waals surface area contributed by atoms with Crippen molar-refractivity contribution >= 4 is 11.9 Å². The van der Waals surface area contributed by atoms with E-state index in [0.717, 1.165) is 33.6 Å². The maximum atomic E-state index is 13.0. The molecule has 0 bridgehead atoms. The summed E-state index contributed by atoms with van der Waals surface area (Å²) in [5.74, 6) is 0.922. The molecule has 0 heterocycles. The fourth-order valence-electron chi connectivity index (χ4n) is 4.82. The summed E-state index contributed by atoms with van der Waals surface area (Å²) in [5, 5.41) is 0. The molecule has 0 radical (unpaired) electrons. The highest BCUT2D eigenvalue weighted by Crippen LogP contribution is 2.38. The summed E-state index contributed by atoms with van der Waals surface area (Å²) in [6.45, 7) is 12.4. The van der Waals surface area contributed by atoms with Gasteiger partial charge in [-0.05, 0) is 97.5 Å². The number of para-hydroxylation sites is 1. The van der Waals surface area contributed by atoms with Crippen LogP contribution in [-0.2, 0) is 5.41 Å². The molecular weight excluding hydrogens is 488 g/mol. The van der Waals surface area contributed by atoms with Crippen LogP contribution >= 0.6 is 0 Å². The molecule has 5 heteroatoms. The van der Waals surface area contributed by atoms with Gasteiger partial charge in [-0.15, -0.1) is 0 Å². The van der Waals surface area contributed by atoms with Crippen molar-refractivity contribution in [2.75, 3.05) is 7.11 Å². The monoisotopic (exact) mass is 522 g/mol. The number of carbonyl (C=O) groups excluding carboxylic acids is 2. The third-order valence-electron chi connectivity index (χ3n) is 7.07. The van der Waals surface area contributed by atoms with E-state index in [4.69, 9.17) is 14.2 Å². The molecule has 0 N–H and O–H groups in total. The Hall–Kier alpha value is -4.38. The number of ether oxygens (including phenoxy) is 3. The maximum absolute atomic E-state index is 13.0. The molecule has 0 fully saturated rings. The Labute approximate surface area is 230 Å². The number of benzene rings is 4. The lowest BCUT2D eigenvalue weighted by Gasteiger charge is -2.29. The summed E-state index contributed by atoms with van der Waals surface area (Å²) in [4.78, 5) is 25.4. The van der Waals surface area contributed by atoms with Crippen LogP contribution in [0.1, 0.15) is 67.9 Å². The number of methoxy groups -OCH3 is 1. The van der Waals surface area contributed by atoms with Crippen molar-refractivity contribution in [2.24, 2.45) is 0 Å². The van der Waals surface area contributed by atoms with Crippen molar-refractivity contribution in [3.05, 3.63) is 123 Å².